The van der Waals surface area contributed by atoms with E-state index in [1.807, 2.05) is 11.3 Å². The van der Waals surface area contributed by atoms with E-state index in [1.165, 1.54) is 54.2 Å². The standard InChI is InChI=1S/C15H25N3S/c1-3-9-16-10-13-14(11-7-8-11)17-15(19-13)18(2)12-5-4-6-12/h11-12,16H,3-10H2,1-2H3. The number of hydrogen-bond acceptors (Lipinski definition) is 4. The Morgan fingerprint density at radius 2 is 2.11 bits per heavy atom. The number of nitrogens with one attached hydrogen (secondary N) is 1. The third-order valence-electron chi connectivity index (χ3n) is 4.32. The molecule has 0 saturated heterocycles. The molecule has 1 aromatic rings. The van der Waals surface area contributed by atoms with Gasteiger partial charge in [-0.2, -0.15) is 0 Å². The molecule has 19 heavy (non-hydrogen) atoms. The fourth-order valence-corrected chi connectivity index (χ4v) is 3.76. The number of aromatic nitrogens is 1. The zero-order valence-electron chi connectivity index (χ0n) is 12.1. The zero-order chi connectivity index (χ0) is 13.2. The van der Waals surface area contributed by atoms with Gasteiger partial charge >= 0.3 is 0 Å². The molecule has 4 heteroatoms. The van der Waals surface area contributed by atoms with Crippen LogP contribution in [0.4, 0.5) is 5.13 Å². The summed E-state index contributed by atoms with van der Waals surface area (Å²) in [6.45, 7) is 4.34. The van der Waals surface area contributed by atoms with Gasteiger partial charge in [-0.25, -0.2) is 4.98 Å². The van der Waals surface area contributed by atoms with Crippen molar-refractivity contribution in [2.75, 3.05) is 18.5 Å². The highest BCUT2D eigenvalue weighted by atomic mass is 32.1. The summed E-state index contributed by atoms with van der Waals surface area (Å²) < 4.78 is 0. The van der Waals surface area contributed by atoms with Crippen molar-refractivity contribution in [3.63, 3.8) is 0 Å². The molecule has 2 aliphatic rings. The molecule has 0 spiro atoms. The maximum Gasteiger partial charge on any atom is 0.185 e. The van der Waals surface area contributed by atoms with Gasteiger partial charge < -0.3 is 10.2 Å². The lowest BCUT2D eigenvalue weighted by Gasteiger charge is -2.34. The normalized spacial score (nSPS) is 19.5. The van der Waals surface area contributed by atoms with Gasteiger partial charge in [0.15, 0.2) is 5.13 Å². The molecule has 0 aliphatic heterocycles. The molecule has 3 nitrogen and oxygen atoms in total. The topological polar surface area (TPSA) is 28.2 Å². The summed E-state index contributed by atoms with van der Waals surface area (Å²) in [5.74, 6) is 0.762. The van der Waals surface area contributed by atoms with Crippen LogP contribution >= 0.6 is 11.3 Å². The lowest BCUT2D eigenvalue weighted by atomic mass is 9.92. The van der Waals surface area contributed by atoms with Gasteiger partial charge in [0, 0.05) is 30.4 Å². The van der Waals surface area contributed by atoms with Crippen molar-refractivity contribution in [3.8, 4) is 0 Å². The Kier molecular flexibility index (Phi) is 4.08. The first-order valence-corrected chi connectivity index (χ1v) is 8.54. The van der Waals surface area contributed by atoms with Crippen LogP contribution in [0.2, 0.25) is 0 Å². The van der Waals surface area contributed by atoms with Gasteiger partial charge in [-0.15, -0.1) is 11.3 Å². The summed E-state index contributed by atoms with van der Waals surface area (Å²) in [6, 6.07) is 0.745. The van der Waals surface area contributed by atoms with E-state index in [1.54, 1.807) is 0 Å². The Morgan fingerprint density at radius 3 is 2.68 bits per heavy atom. The second kappa shape index (κ2) is 5.80. The van der Waals surface area contributed by atoms with Crippen LogP contribution in [0.3, 0.4) is 0 Å². The molecule has 2 saturated carbocycles. The third kappa shape index (κ3) is 2.95. The van der Waals surface area contributed by atoms with Crippen LogP contribution in [0.1, 0.15) is 61.9 Å². The molecule has 2 fully saturated rings. The first-order chi connectivity index (χ1) is 9.29. The van der Waals surface area contributed by atoms with Crippen LogP contribution in [-0.4, -0.2) is 24.6 Å². The van der Waals surface area contributed by atoms with Gasteiger partial charge in [0.2, 0.25) is 0 Å². The average Bonchev–Trinajstić information content (AvgIpc) is 3.09. The van der Waals surface area contributed by atoms with Gasteiger partial charge in [-0.05, 0) is 45.1 Å². The second-order valence-corrected chi connectivity index (χ2v) is 7.01. The molecule has 1 heterocycles. The fourth-order valence-electron chi connectivity index (χ4n) is 2.61. The predicted octanol–water partition coefficient (Wildman–Crippen LogP) is 3.51. The van der Waals surface area contributed by atoms with Crippen molar-refractivity contribution >= 4 is 16.5 Å². The van der Waals surface area contributed by atoms with Crippen molar-refractivity contribution in [2.24, 2.45) is 0 Å². The second-order valence-electron chi connectivity index (χ2n) is 5.95. The molecule has 1 N–H and O–H groups in total. The Morgan fingerprint density at radius 1 is 1.32 bits per heavy atom. The lowest BCUT2D eigenvalue weighted by molar-refractivity contribution is 0.401. The summed E-state index contributed by atoms with van der Waals surface area (Å²) in [5, 5.41) is 4.79. The Balaban J connectivity index is 1.71. The highest BCUT2D eigenvalue weighted by molar-refractivity contribution is 7.15. The minimum absolute atomic E-state index is 0.745. The summed E-state index contributed by atoms with van der Waals surface area (Å²) in [7, 11) is 2.22. The van der Waals surface area contributed by atoms with Crippen molar-refractivity contribution in [3.05, 3.63) is 10.6 Å². The van der Waals surface area contributed by atoms with Crippen LogP contribution in [0, 0.1) is 0 Å². The smallest absolute Gasteiger partial charge is 0.185 e. The Labute approximate surface area is 120 Å². The van der Waals surface area contributed by atoms with Crippen LogP contribution in [0.25, 0.3) is 0 Å². The van der Waals surface area contributed by atoms with Gasteiger partial charge in [0.1, 0.15) is 0 Å². The Hall–Kier alpha value is -0.610. The molecule has 0 unspecified atom stereocenters. The van der Waals surface area contributed by atoms with Gasteiger partial charge in [0.25, 0.3) is 0 Å². The lowest BCUT2D eigenvalue weighted by Crippen LogP contribution is -2.37. The number of nitrogens with zero attached hydrogens (tertiary/aromatic N) is 2. The molecule has 2 aliphatic carbocycles. The van der Waals surface area contributed by atoms with Gasteiger partial charge in [0.05, 0.1) is 5.69 Å². The van der Waals surface area contributed by atoms with E-state index in [-0.39, 0.29) is 0 Å². The van der Waals surface area contributed by atoms with Crippen molar-refractivity contribution in [1.82, 2.24) is 10.3 Å². The van der Waals surface area contributed by atoms with E-state index in [0.29, 0.717) is 0 Å². The largest absolute Gasteiger partial charge is 0.348 e. The van der Waals surface area contributed by atoms with Crippen LogP contribution in [-0.2, 0) is 6.54 Å². The monoisotopic (exact) mass is 279 g/mol. The maximum absolute atomic E-state index is 4.96. The van der Waals surface area contributed by atoms with E-state index in [0.717, 1.165) is 25.0 Å². The average molecular weight is 279 g/mol. The third-order valence-corrected chi connectivity index (χ3v) is 5.48. The zero-order valence-corrected chi connectivity index (χ0v) is 12.9. The predicted molar refractivity (Wildman–Crippen MR) is 82.1 cm³/mol. The highest BCUT2D eigenvalue weighted by Crippen LogP contribution is 2.44. The van der Waals surface area contributed by atoms with E-state index in [9.17, 15) is 0 Å². The molecule has 106 valence electrons. The minimum Gasteiger partial charge on any atom is -0.348 e. The van der Waals surface area contributed by atoms with Crippen LogP contribution in [0.15, 0.2) is 0 Å². The van der Waals surface area contributed by atoms with Gasteiger partial charge in [-0.3, -0.25) is 0 Å². The molecule has 1 aromatic heterocycles. The van der Waals surface area contributed by atoms with Crippen LogP contribution < -0.4 is 10.2 Å². The number of thiazole rings is 1. The number of rotatable bonds is 7. The SMILES string of the molecule is CCCNCc1sc(N(C)C2CCC2)nc1C1CC1. The van der Waals surface area contributed by atoms with E-state index < -0.39 is 0 Å². The Bertz CT molecular complexity index is 421. The van der Waals surface area contributed by atoms with Crippen LogP contribution in [0.5, 0.6) is 0 Å². The van der Waals surface area contributed by atoms with E-state index >= 15 is 0 Å². The first-order valence-electron chi connectivity index (χ1n) is 7.72. The number of anilines is 1. The van der Waals surface area contributed by atoms with Crippen molar-refractivity contribution in [2.45, 2.75) is 64.0 Å². The molecule has 0 amide bonds. The molecule has 0 atom stereocenters. The fraction of sp³-hybridized carbons (Fsp3) is 0.800. The molecule has 0 aromatic carbocycles. The quantitative estimate of drug-likeness (QED) is 0.774. The van der Waals surface area contributed by atoms with Crippen molar-refractivity contribution < 1.29 is 0 Å². The number of hydrogen-bond donors (Lipinski definition) is 1. The minimum atomic E-state index is 0.745. The molecule has 3 rings (SSSR count). The maximum atomic E-state index is 4.96. The molecule has 0 radical (unpaired) electrons. The molecular weight excluding hydrogens is 254 g/mol. The summed E-state index contributed by atoms with van der Waals surface area (Å²) in [6.07, 6.45) is 7.97. The van der Waals surface area contributed by atoms with Crippen molar-refractivity contribution in [1.29, 1.82) is 0 Å². The molecular formula is C15H25N3S. The van der Waals surface area contributed by atoms with Gasteiger partial charge in [-0.1, -0.05) is 6.92 Å². The molecule has 0 bridgehead atoms. The van der Waals surface area contributed by atoms with E-state index in [4.69, 9.17) is 4.98 Å². The summed E-state index contributed by atoms with van der Waals surface area (Å²) in [4.78, 5) is 8.86. The summed E-state index contributed by atoms with van der Waals surface area (Å²) in [5.41, 5.74) is 1.40. The van der Waals surface area contributed by atoms with E-state index in [2.05, 4.69) is 24.2 Å². The first kappa shape index (κ1) is 13.4. The summed E-state index contributed by atoms with van der Waals surface area (Å²) >= 11 is 1.92. The highest BCUT2D eigenvalue weighted by Gasteiger charge is 2.31.